The molecule has 124 valence electrons. The number of rotatable bonds is 3. The largest absolute Gasteiger partial charge is 0.416 e. The number of fused-ring (bicyclic) bond motifs is 1. The van der Waals surface area contributed by atoms with Crippen LogP contribution in [0.15, 0.2) is 30.5 Å². The average molecular weight is 326 g/mol. The van der Waals surface area contributed by atoms with Crippen LogP contribution in [0.2, 0.25) is 0 Å². The van der Waals surface area contributed by atoms with Crippen molar-refractivity contribution in [3.63, 3.8) is 0 Å². The van der Waals surface area contributed by atoms with Crippen molar-refractivity contribution in [2.75, 3.05) is 25.6 Å². The quantitative estimate of drug-likeness (QED) is 0.938. The van der Waals surface area contributed by atoms with Gasteiger partial charge in [0.2, 0.25) is 0 Å². The van der Waals surface area contributed by atoms with E-state index in [1.807, 2.05) is 0 Å². The van der Waals surface area contributed by atoms with Crippen LogP contribution in [0.3, 0.4) is 0 Å². The van der Waals surface area contributed by atoms with E-state index in [4.69, 9.17) is 9.47 Å². The molecule has 3 rings (SSSR count). The van der Waals surface area contributed by atoms with Gasteiger partial charge in [-0.1, -0.05) is 6.07 Å². The zero-order chi connectivity index (χ0) is 16.4. The fourth-order valence-electron chi connectivity index (χ4n) is 2.75. The Morgan fingerprint density at radius 1 is 1.30 bits per heavy atom. The van der Waals surface area contributed by atoms with Crippen molar-refractivity contribution in [2.24, 2.45) is 0 Å². The summed E-state index contributed by atoms with van der Waals surface area (Å²) in [6.45, 7) is 1.09. The number of alkyl halides is 3. The molecule has 2 unspecified atom stereocenters. The minimum atomic E-state index is -4.35. The van der Waals surface area contributed by atoms with Gasteiger partial charge in [0.25, 0.3) is 0 Å². The maximum absolute atomic E-state index is 12.8. The Kier molecular flexibility index (Phi) is 4.41. The van der Waals surface area contributed by atoms with Crippen LogP contribution < -0.4 is 5.32 Å². The lowest BCUT2D eigenvalue weighted by atomic mass is 10.0. The van der Waals surface area contributed by atoms with Crippen LogP contribution in [0, 0.1) is 0 Å². The molecule has 1 aromatic carbocycles. The van der Waals surface area contributed by atoms with Crippen molar-refractivity contribution in [3.05, 3.63) is 36.0 Å². The van der Waals surface area contributed by atoms with E-state index in [1.165, 1.54) is 12.3 Å². The highest BCUT2D eigenvalue weighted by Gasteiger charge is 2.31. The number of nitrogens with zero attached hydrogens (tertiary/aromatic N) is 1. The highest BCUT2D eigenvalue weighted by molar-refractivity contribution is 5.92. The third-order valence-electron chi connectivity index (χ3n) is 4.02. The highest BCUT2D eigenvalue weighted by atomic mass is 19.4. The Labute approximate surface area is 131 Å². The van der Waals surface area contributed by atoms with Gasteiger partial charge in [0.05, 0.1) is 18.2 Å². The molecule has 2 heterocycles. The molecule has 0 aliphatic carbocycles. The van der Waals surface area contributed by atoms with Gasteiger partial charge < -0.3 is 14.8 Å². The summed E-state index contributed by atoms with van der Waals surface area (Å²) in [5, 5.41) is 4.44. The molecule has 0 saturated carbocycles. The van der Waals surface area contributed by atoms with Crippen molar-refractivity contribution in [3.8, 4) is 0 Å². The fraction of sp³-hybridized carbons (Fsp3) is 0.438. The molecule has 1 aliphatic rings. The van der Waals surface area contributed by atoms with E-state index >= 15 is 0 Å². The van der Waals surface area contributed by atoms with Crippen molar-refractivity contribution in [1.29, 1.82) is 0 Å². The van der Waals surface area contributed by atoms with Gasteiger partial charge >= 0.3 is 6.18 Å². The molecular weight excluding hydrogens is 309 g/mol. The maximum Gasteiger partial charge on any atom is 0.416 e. The number of pyridine rings is 1. The van der Waals surface area contributed by atoms with E-state index in [0.29, 0.717) is 29.8 Å². The first-order valence-corrected chi connectivity index (χ1v) is 7.32. The molecule has 1 fully saturated rings. The van der Waals surface area contributed by atoms with Crippen molar-refractivity contribution >= 4 is 16.6 Å². The first kappa shape index (κ1) is 16.0. The van der Waals surface area contributed by atoms with Gasteiger partial charge in [-0.15, -0.1) is 0 Å². The molecule has 1 saturated heterocycles. The number of ether oxygens (including phenoxy) is 2. The summed E-state index contributed by atoms with van der Waals surface area (Å²) < 4.78 is 49.2. The Morgan fingerprint density at radius 2 is 2.13 bits per heavy atom. The summed E-state index contributed by atoms with van der Waals surface area (Å²) in [6, 6.07) is 5.25. The summed E-state index contributed by atoms with van der Waals surface area (Å²) in [5.41, 5.74) is -0.664. The van der Waals surface area contributed by atoms with Crippen LogP contribution in [-0.4, -0.2) is 37.5 Å². The number of anilines is 1. The SMILES string of the molecule is COC1COCCC1Nc1nccc2cc(C(F)(F)F)ccc12. The molecule has 7 heteroatoms. The van der Waals surface area contributed by atoms with Gasteiger partial charge in [-0.05, 0) is 30.0 Å². The third-order valence-corrected chi connectivity index (χ3v) is 4.02. The number of nitrogens with one attached hydrogen (secondary N) is 1. The number of aromatic nitrogens is 1. The molecule has 2 atom stereocenters. The molecule has 0 radical (unpaired) electrons. The Balaban J connectivity index is 1.92. The van der Waals surface area contributed by atoms with E-state index < -0.39 is 11.7 Å². The number of methoxy groups -OCH3 is 1. The lowest BCUT2D eigenvalue weighted by molar-refractivity contribution is -0.137. The Hall–Kier alpha value is -1.86. The number of hydrogen-bond acceptors (Lipinski definition) is 4. The summed E-state index contributed by atoms with van der Waals surface area (Å²) >= 11 is 0. The zero-order valence-corrected chi connectivity index (χ0v) is 12.6. The maximum atomic E-state index is 12.8. The minimum Gasteiger partial charge on any atom is -0.379 e. The standard InChI is InChI=1S/C16H17F3N2O2/c1-22-14-9-23-7-5-13(14)21-15-12-3-2-11(16(17,18)19)8-10(12)4-6-20-15/h2-4,6,8,13-14H,5,7,9H2,1H3,(H,20,21). The lowest BCUT2D eigenvalue weighted by Gasteiger charge is -2.31. The Bertz CT molecular complexity index is 691. The lowest BCUT2D eigenvalue weighted by Crippen LogP contribution is -2.43. The fourth-order valence-corrected chi connectivity index (χ4v) is 2.75. The monoisotopic (exact) mass is 326 g/mol. The second kappa shape index (κ2) is 6.33. The van der Waals surface area contributed by atoms with Crippen molar-refractivity contribution in [2.45, 2.75) is 24.7 Å². The third kappa shape index (κ3) is 3.40. The molecule has 23 heavy (non-hydrogen) atoms. The smallest absolute Gasteiger partial charge is 0.379 e. The van der Waals surface area contributed by atoms with Crippen molar-refractivity contribution < 1.29 is 22.6 Å². The number of halogens is 3. The summed E-state index contributed by atoms with van der Waals surface area (Å²) in [5.74, 6) is 0.560. The van der Waals surface area contributed by atoms with Gasteiger partial charge in [-0.2, -0.15) is 13.2 Å². The summed E-state index contributed by atoms with van der Waals surface area (Å²) in [6.07, 6.45) is -2.22. The van der Waals surface area contributed by atoms with E-state index in [2.05, 4.69) is 10.3 Å². The van der Waals surface area contributed by atoms with Crippen molar-refractivity contribution in [1.82, 2.24) is 4.98 Å². The Morgan fingerprint density at radius 3 is 2.87 bits per heavy atom. The molecule has 1 aliphatic heterocycles. The molecule has 2 aromatic rings. The topological polar surface area (TPSA) is 43.4 Å². The van der Waals surface area contributed by atoms with Gasteiger partial charge in [0, 0.05) is 25.3 Å². The van der Waals surface area contributed by atoms with Gasteiger partial charge in [-0.25, -0.2) is 4.98 Å². The second-order valence-electron chi connectivity index (χ2n) is 5.48. The second-order valence-corrected chi connectivity index (χ2v) is 5.48. The molecule has 1 aromatic heterocycles. The van der Waals surface area contributed by atoms with Gasteiger partial charge in [0.15, 0.2) is 0 Å². The predicted octanol–water partition coefficient (Wildman–Crippen LogP) is 3.47. The molecule has 0 spiro atoms. The minimum absolute atomic E-state index is 0.00847. The average Bonchev–Trinajstić information content (AvgIpc) is 2.54. The van der Waals surface area contributed by atoms with Gasteiger partial charge in [-0.3, -0.25) is 0 Å². The molecule has 0 bridgehead atoms. The van der Waals surface area contributed by atoms with E-state index in [-0.39, 0.29) is 12.1 Å². The summed E-state index contributed by atoms with van der Waals surface area (Å²) in [4.78, 5) is 4.27. The molecule has 4 nitrogen and oxygen atoms in total. The van der Waals surface area contributed by atoms with Crippen LogP contribution in [0.25, 0.3) is 10.8 Å². The highest BCUT2D eigenvalue weighted by Crippen LogP contribution is 2.33. The molecule has 0 amide bonds. The normalized spacial score (nSPS) is 22.3. The van der Waals surface area contributed by atoms with Crippen LogP contribution >= 0.6 is 0 Å². The van der Waals surface area contributed by atoms with E-state index in [1.54, 1.807) is 13.2 Å². The van der Waals surface area contributed by atoms with Crippen LogP contribution in [-0.2, 0) is 15.7 Å². The van der Waals surface area contributed by atoms with Crippen LogP contribution in [0.1, 0.15) is 12.0 Å². The summed E-state index contributed by atoms with van der Waals surface area (Å²) in [7, 11) is 1.61. The zero-order valence-electron chi connectivity index (χ0n) is 12.6. The van der Waals surface area contributed by atoms with E-state index in [9.17, 15) is 13.2 Å². The van der Waals surface area contributed by atoms with Crippen LogP contribution in [0.5, 0.6) is 0 Å². The van der Waals surface area contributed by atoms with E-state index in [0.717, 1.165) is 18.6 Å². The molecule has 1 N–H and O–H groups in total. The number of benzene rings is 1. The van der Waals surface area contributed by atoms with Gasteiger partial charge in [0.1, 0.15) is 11.9 Å². The predicted molar refractivity (Wildman–Crippen MR) is 80.4 cm³/mol. The number of hydrogen-bond donors (Lipinski definition) is 1. The first-order valence-electron chi connectivity index (χ1n) is 7.32. The van der Waals surface area contributed by atoms with Crippen LogP contribution in [0.4, 0.5) is 19.0 Å². The molecular formula is C16H17F3N2O2. The first-order chi connectivity index (χ1) is 11.0.